The maximum absolute atomic E-state index is 6.02. The molecule has 6 nitrogen and oxygen atoms in total. The average molecular weight is 335 g/mol. The van der Waals surface area contributed by atoms with E-state index < -0.39 is 0 Å². The van der Waals surface area contributed by atoms with E-state index in [9.17, 15) is 0 Å². The molecule has 6 heteroatoms. The number of H-pyrrole nitrogens is 1. The van der Waals surface area contributed by atoms with E-state index in [-0.39, 0.29) is 0 Å². The van der Waals surface area contributed by atoms with Crippen molar-refractivity contribution in [1.29, 1.82) is 0 Å². The number of aromatic amines is 1. The lowest BCUT2D eigenvalue weighted by Crippen LogP contribution is -2.26. The summed E-state index contributed by atoms with van der Waals surface area (Å²) in [7, 11) is 0. The van der Waals surface area contributed by atoms with Crippen molar-refractivity contribution in [1.82, 2.24) is 24.8 Å². The normalized spacial score (nSPS) is 16.2. The Hall–Kier alpha value is -2.60. The molecule has 0 spiro atoms. The van der Waals surface area contributed by atoms with Crippen molar-refractivity contribution in [3.8, 4) is 0 Å². The van der Waals surface area contributed by atoms with Gasteiger partial charge in [-0.15, -0.1) is 0 Å². The Balaban J connectivity index is 1.53. The highest BCUT2D eigenvalue weighted by Gasteiger charge is 2.21. The van der Waals surface area contributed by atoms with Gasteiger partial charge in [0.2, 0.25) is 0 Å². The highest BCUT2D eigenvalue weighted by molar-refractivity contribution is 6.04. The van der Waals surface area contributed by atoms with Crippen LogP contribution >= 0.6 is 0 Å². The fourth-order valence-corrected chi connectivity index (χ4v) is 3.89. The predicted octanol–water partition coefficient (Wildman–Crippen LogP) is 3.22. The maximum Gasteiger partial charge on any atom is 0.197 e. The smallest absolute Gasteiger partial charge is 0.197 e. The van der Waals surface area contributed by atoms with Crippen LogP contribution in [0, 0.1) is 0 Å². The number of fused-ring (bicyclic) bond motifs is 3. The van der Waals surface area contributed by atoms with Gasteiger partial charge in [0.25, 0.3) is 0 Å². The van der Waals surface area contributed by atoms with Gasteiger partial charge in [0.1, 0.15) is 5.52 Å². The lowest BCUT2D eigenvalue weighted by molar-refractivity contribution is 0.462. The number of rotatable bonds is 4. The Bertz CT molecular complexity index is 992. The van der Waals surface area contributed by atoms with Gasteiger partial charge in [-0.1, -0.05) is 0 Å². The van der Waals surface area contributed by atoms with Gasteiger partial charge in [-0.25, -0.2) is 9.97 Å². The highest BCUT2D eigenvalue weighted by Crippen LogP contribution is 2.35. The third-order valence-electron chi connectivity index (χ3n) is 5.20. The van der Waals surface area contributed by atoms with Gasteiger partial charge < -0.3 is 19.3 Å². The fourth-order valence-electron chi connectivity index (χ4n) is 3.89. The third kappa shape index (κ3) is 2.62. The van der Waals surface area contributed by atoms with E-state index in [1.807, 2.05) is 23.2 Å². The summed E-state index contributed by atoms with van der Waals surface area (Å²) in [5.41, 5.74) is 4.41. The molecule has 0 bridgehead atoms. The molecule has 4 aromatic rings. The molecule has 2 N–H and O–H groups in total. The van der Waals surface area contributed by atoms with Crippen molar-refractivity contribution in [3.63, 3.8) is 0 Å². The first-order chi connectivity index (χ1) is 12.4. The summed E-state index contributed by atoms with van der Waals surface area (Å²) in [4.78, 5) is 12.3. The molecule has 4 heterocycles. The van der Waals surface area contributed by atoms with Gasteiger partial charge in [-0.3, -0.25) is 0 Å². The molecule has 5 rings (SSSR count). The molecule has 1 aliphatic rings. The van der Waals surface area contributed by atoms with Crippen LogP contribution in [0.4, 0.5) is 0 Å². The van der Waals surface area contributed by atoms with Crippen molar-refractivity contribution < 1.29 is 4.42 Å². The molecule has 1 aromatic carbocycles. The van der Waals surface area contributed by atoms with E-state index in [0.717, 1.165) is 48.6 Å². The van der Waals surface area contributed by atoms with E-state index in [0.29, 0.717) is 5.92 Å². The summed E-state index contributed by atoms with van der Waals surface area (Å²) in [6.45, 7) is 2.99. The minimum atomic E-state index is 0.590. The number of aryl methyl sites for hydroxylation is 2. The molecule has 0 aliphatic carbocycles. The van der Waals surface area contributed by atoms with E-state index in [1.54, 1.807) is 6.20 Å². The Morgan fingerprint density at radius 3 is 3.00 bits per heavy atom. The molecule has 0 unspecified atom stereocenters. The second-order valence-corrected chi connectivity index (χ2v) is 6.76. The van der Waals surface area contributed by atoms with Crippen LogP contribution in [0.25, 0.3) is 22.0 Å². The zero-order chi connectivity index (χ0) is 16.6. The lowest BCUT2D eigenvalue weighted by atomic mass is 9.90. The minimum absolute atomic E-state index is 0.590. The van der Waals surface area contributed by atoms with Crippen LogP contribution in [-0.2, 0) is 13.0 Å². The van der Waals surface area contributed by atoms with Crippen LogP contribution in [0.15, 0.2) is 41.5 Å². The second-order valence-electron chi connectivity index (χ2n) is 6.76. The van der Waals surface area contributed by atoms with E-state index in [4.69, 9.17) is 9.40 Å². The van der Waals surface area contributed by atoms with Gasteiger partial charge in [0.15, 0.2) is 11.5 Å². The van der Waals surface area contributed by atoms with Crippen molar-refractivity contribution in [3.05, 3.63) is 48.5 Å². The molecule has 1 saturated heterocycles. The van der Waals surface area contributed by atoms with Crippen LogP contribution in [0.1, 0.15) is 30.2 Å². The first-order valence-electron chi connectivity index (χ1n) is 8.94. The largest absolute Gasteiger partial charge is 0.441 e. The molecule has 128 valence electrons. The highest BCUT2D eigenvalue weighted by atomic mass is 16.3. The topological polar surface area (TPSA) is 71.7 Å². The van der Waals surface area contributed by atoms with E-state index in [1.165, 1.54) is 23.8 Å². The van der Waals surface area contributed by atoms with Gasteiger partial charge >= 0.3 is 0 Å². The molecule has 1 fully saturated rings. The molecule has 0 saturated carbocycles. The number of benzene rings is 1. The SMILES string of the molecule is c1cn(CCc2nc3c(ccc4[nH]cc(C5CCNCC5)c43)o2)cn1. The fraction of sp³-hybridized carbons (Fsp3) is 0.368. The molecule has 0 atom stereocenters. The molecule has 25 heavy (non-hydrogen) atoms. The zero-order valence-electron chi connectivity index (χ0n) is 14.0. The average Bonchev–Trinajstić information content (AvgIpc) is 3.38. The van der Waals surface area contributed by atoms with Crippen molar-refractivity contribution in [2.45, 2.75) is 31.7 Å². The number of nitrogens with one attached hydrogen (secondary N) is 2. The Morgan fingerprint density at radius 1 is 1.24 bits per heavy atom. The van der Waals surface area contributed by atoms with Gasteiger partial charge in [-0.05, 0) is 49.5 Å². The first-order valence-corrected chi connectivity index (χ1v) is 8.94. The van der Waals surface area contributed by atoms with E-state index in [2.05, 4.69) is 27.5 Å². The maximum atomic E-state index is 6.02. The van der Waals surface area contributed by atoms with Crippen molar-refractivity contribution >= 4 is 22.0 Å². The van der Waals surface area contributed by atoms with Crippen LogP contribution < -0.4 is 5.32 Å². The number of aromatic nitrogens is 4. The molecule has 3 aromatic heterocycles. The van der Waals surface area contributed by atoms with Crippen LogP contribution in [-0.4, -0.2) is 32.6 Å². The van der Waals surface area contributed by atoms with Crippen LogP contribution in [0.2, 0.25) is 0 Å². The predicted molar refractivity (Wildman–Crippen MR) is 96.6 cm³/mol. The number of nitrogens with zero attached hydrogens (tertiary/aromatic N) is 3. The molecule has 1 aliphatic heterocycles. The number of piperidine rings is 1. The summed E-state index contributed by atoms with van der Waals surface area (Å²) in [5.74, 6) is 1.38. The molecule has 0 amide bonds. The van der Waals surface area contributed by atoms with E-state index >= 15 is 0 Å². The quantitative estimate of drug-likeness (QED) is 0.601. The summed E-state index contributed by atoms with van der Waals surface area (Å²) in [6.07, 6.45) is 10.9. The Morgan fingerprint density at radius 2 is 2.16 bits per heavy atom. The molecular formula is C19H21N5O. The second kappa shape index (κ2) is 6.04. The number of imidazole rings is 1. The summed E-state index contributed by atoms with van der Waals surface area (Å²) < 4.78 is 8.06. The van der Waals surface area contributed by atoms with Gasteiger partial charge in [0.05, 0.1) is 6.33 Å². The summed E-state index contributed by atoms with van der Waals surface area (Å²) in [5, 5.41) is 4.68. The van der Waals surface area contributed by atoms with Gasteiger partial charge in [0, 0.05) is 42.5 Å². The lowest BCUT2D eigenvalue weighted by Gasteiger charge is -2.22. The van der Waals surface area contributed by atoms with Crippen LogP contribution in [0.3, 0.4) is 0 Å². The number of hydrogen-bond acceptors (Lipinski definition) is 4. The minimum Gasteiger partial charge on any atom is -0.441 e. The Kier molecular flexibility index (Phi) is 3.56. The number of hydrogen-bond donors (Lipinski definition) is 2. The first kappa shape index (κ1) is 14.7. The summed E-state index contributed by atoms with van der Waals surface area (Å²) in [6, 6.07) is 4.13. The Labute approximate surface area is 145 Å². The van der Waals surface area contributed by atoms with Crippen molar-refractivity contribution in [2.75, 3.05) is 13.1 Å². The molecular weight excluding hydrogens is 314 g/mol. The monoisotopic (exact) mass is 335 g/mol. The number of oxazole rings is 1. The van der Waals surface area contributed by atoms with Gasteiger partial charge in [-0.2, -0.15) is 0 Å². The van der Waals surface area contributed by atoms with Crippen LogP contribution in [0.5, 0.6) is 0 Å². The standard InChI is InChI=1S/C19H21N5O/c1-2-16-19(23-17(25-16)5-9-24-10-8-21-12-24)18-14(11-22-15(1)18)13-3-6-20-7-4-13/h1-2,8,10-13,20,22H,3-7,9H2. The summed E-state index contributed by atoms with van der Waals surface area (Å²) >= 11 is 0. The third-order valence-corrected chi connectivity index (χ3v) is 5.20. The van der Waals surface area contributed by atoms with Crippen molar-refractivity contribution in [2.24, 2.45) is 0 Å². The zero-order valence-corrected chi connectivity index (χ0v) is 14.0. The molecule has 0 radical (unpaired) electrons.